The van der Waals surface area contributed by atoms with E-state index in [9.17, 15) is 4.39 Å². The summed E-state index contributed by atoms with van der Waals surface area (Å²) in [5.74, 6) is -0.321. The van der Waals surface area contributed by atoms with Crippen molar-refractivity contribution in [2.24, 2.45) is 0 Å². The van der Waals surface area contributed by atoms with Gasteiger partial charge in [0.2, 0.25) is 0 Å². The van der Waals surface area contributed by atoms with Crippen molar-refractivity contribution < 1.29 is 4.39 Å². The van der Waals surface area contributed by atoms with Crippen molar-refractivity contribution in [1.29, 1.82) is 0 Å². The zero-order valence-electron chi connectivity index (χ0n) is 23.7. The second-order valence-electron chi connectivity index (χ2n) is 9.62. The molecule has 5 nitrogen and oxygen atoms in total. The van der Waals surface area contributed by atoms with Gasteiger partial charge in [0.05, 0.1) is 22.8 Å². The van der Waals surface area contributed by atoms with Crippen LogP contribution in [0.2, 0.25) is 0 Å². The molecule has 0 saturated heterocycles. The molecule has 0 aliphatic carbocycles. The predicted octanol–water partition coefficient (Wildman–Crippen LogP) is 8.60. The second kappa shape index (κ2) is 12.4. The molecule has 0 atom stereocenters. The second-order valence-corrected chi connectivity index (χ2v) is 9.62. The number of benzene rings is 2. The summed E-state index contributed by atoms with van der Waals surface area (Å²) in [6.07, 6.45) is 7.42. The van der Waals surface area contributed by atoms with Gasteiger partial charge in [0, 0.05) is 52.4 Å². The molecule has 0 bridgehead atoms. The number of aromatic amines is 1. The third-order valence-electron chi connectivity index (χ3n) is 7.01. The van der Waals surface area contributed by atoms with Crippen molar-refractivity contribution in [1.82, 2.24) is 20.3 Å². The third-order valence-corrected chi connectivity index (χ3v) is 7.01. The van der Waals surface area contributed by atoms with Crippen molar-refractivity contribution in [3.05, 3.63) is 157 Å². The number of halogens is 1. The van der Waals surface area contributed by atoms with E-state index in [4.69, 9.17) is 4.98 Å². The van der Waals surface area contributed by atoms with Crippen LogP contribution in [0.4, 0.5) is 10.1 Å². The first-order chi connectivity index (χ1) is 20.4. The molecule has 0 unspecified atom stereocenters. The minimum absolute atomic E-state index is 0.321. The van der Waals surface area contributed by atoms with Crippen LogP contribution in [0, 0.1) is 5.82 Å². The number of aromatic nitrogens is 3. The Morgan fingerprint density at radius 1 is 0.976 bits per heavy atom. The minimum atomic E-state index is -0.321. The lowest BCUT2D eigenvalue weighted by Crippen LogP contribution is -2.09. The van der Waals surface area contributed by atoms with Gasteiger partial charge in [-0.2, -0.15) is 0 Å². The Morgan fingerprint density at radius 3 is 2.45 bits per heavy atom. The van der Waals surface area contributed by atoms with E-state index < -0.39 is 0 Å². The maximum Gasteiger partial charge on any atom is 0.132 e. The standard InChI is InChI=1S/C36H32FN5/c1-6-25(21-27(7-2)40-24(4)26-13-9-8-10-14-26)31-17-18-33(38-5)35(42-31)23(3)34-22-29-32(41-34)19-20-39-36(29)28-15-11-12-16-30(28)37/h6-22,38,40-41H,2-4H2,1,5H3/b25-6+,27-21+. The number of hydrogen-bond donors (Lipinski definition) is 3. The zero-order chi connectivity index (χ0) is 29.6. The molecule has 3 aromatic heterocycles. The van der Waals surface area contributed by atoms with E-state index in [1.54, 1.807) is 30.5 Å². The molecule has 5 rings (SSSR count). The molecule has 3 heterocycles. The Hall–Kier alpha value is -5.49. The van der Waals surface area contributed by atoms with Crippen LogP contribution in [-0.2, 0) is 0 Å². The lowest BCUT2D eigenvalue weighted by molar-refractivity contribution is 0.631. The molecular weight excluding hydrogens is 521 g/mol. The fraction of sp³-hybridized carbons (Fsp3) is 0.0556. The summed E-state index contributed by atoms with van der Waals surface area (Å²) in [6.45, 7) is 14.5. The van der Waals surface area contributed by atoms with Gasteiger partial charge >= 0.3 is 0 Å². The molecule has 0 radical (unpaired) electrons. The average Bonchev–Trinajstić information content (AvgIpc) is 3.48. The average molecular weight is 554 g/mol. The van der Waals surface area contributed by atoms with E-state index in [0.717, 1.165) is 50.5 Å². The van der Waals surface area contributed by atoms with Crippen LogP contribution in [0.3, 0.4) is 0 Å². The first-order valence-corrected chi connectivity index (χ1v) is 13.6. The SMILES string of the molecule is C=C/C(=C\C(=C/C)c1ccc(NC)c(C(=C)c2cc3c(-c4ccccc4F)nccc3[nH]2)n1)NC(=C)c1ccccc1. The predicted molar refractivity (Wildman–Crippen MR) is 174 cm³/mol. The Bertz CT molecular complexity index is 1860. The summed E-state index contributed by atoms with van der Waals surface area (Å²) >= 11 is 0. The van der Waals surface area contributed by atoms with E-state index in [1.807, 2.05) is 80.7 Å². The summed E-state index contributed by atoms with van der Waals surface area (Å²) in [6, 6.07) is 24.3. The normalized spacial score (nSPS) is 11.8. The Balaban J connectivity index is 1.50. The summed E-state index contributed by atoms with van der Waals surface area (Å²) < 4.78 is 14.6. The Kier molecular flexibility index (Phi) is 8.25. The van der Waals surface area contributed by atoms with E-state index >= 15 is 0 Å². The van der Waals surface area contributed by atoms with Crippen LogP contribution in [0.1, 0.15) is 29.6 Å². The van der Waals surface area contributed by atoms with E-state index in [-0.39, 0.29) is 5.82 Å². The highest BCUT2D eigenvalue weighted by atomic mass is 19.1. The van der Waals surface area contributed by atoms with E-state index in [2.05, 4.69) is 40.3 Å². The fourth-order valence-electron chi connectivity index (χ4n) is 4.77. The van der Waals surface area contributed by atoms with Crippen LogP contribution in [0.15, 0.2) is 129 Å². The van der Waals surface area contributed by atoms with Crippen LogP contribution in [0.5, 0.6) is 0 Å². The Morgan fingerprint density at radius 2 is 1.74 bits per heavy atom. The number of nitrogens with one attached hydrogen (secondary N) is 3. The number of nitrogens with zero attached hydrogens (tertiary/aromatic N) is 2. The maximum absolute atomic E-state index is 14.6. The van der Waals surface area contributed by atoms with Gasteiger partial charge in [-0.05, 0) is 66.6 Å². The monoisotopic (exact) mass is 553 g/mol. The summed E-state index contributed by atoms with van der Waals surface area (Å²) in [5.41, 5.74) is 9.05. The molecule has 3 N–H and O–H groups in total. The van der Waals surface area contributed by atoms with Crippen molar-refractivity contribution in [3.8, 4) is 11.3 Å². The van der Waals surface area contributed by atoms with Crippen LogP contribution in [0.25, 0.3) is 39.0 Å². The number of H-pyrrole nitrogens is 1. The number of allylic oxidation sites excluding steroid dienone is 4. The first kappa shape index (κ1) is 28.1. The molecular formula is C36H32FN5. The maximum atomic E-state index is 14.6. The number of anilines is 1. The summed E-state index contributed by atoms with van der Waals surface area (Å²) in [4.78, 5) is 12.9. The molecule has 208 valence electrons. The van der Waals surface area contributed by atoms with Gasteiger partial charge < -0.3 is 15.6 Å². The van der Waals surface area contributed by atoms with Crippen LogP contribution in [-0.4, -0.2) is 22.0 Å². The highest BCUT2D eigenvalue weighted by Crippen LogP contribution is 2.34. The van der Waals surface area contributed by atoms with E-state index in [1.165, 1.54) is 6.07 Å². The van der Waals surface area contributed by atoms with Crippen LogP contribution >= 0.6 is 0 Å². The van der Waals surface area contributed by atoms with Gasteiger partial charge in [-0.15, -0.1) is 0 Å². The van der Waals surface area contributed by atoms with Gasteiger partial charge in [-0.1, -0.05) is 68.3 Å². The molecule has 0 aliphatic heterocycles. The van der Waals surface area contributed by atoms with Crippen molar-refractivity contribution in [2.75, 3.05) is 12.4 Å². The first-order valence-electron chi connectivity index (χ1n) is 13.6. The molecule has 6 heteroatoms. The summed E-state index contributed by atoms with van der Waals surface area (Å²) in [5, 5.41) is 7.39. The van der Waals surface area contributed by atoms with E-state index in [0.29, 0.717) is 22.5 Å². The van der Waals surface area contributed by atoms with Gasteiger partial charge in [0.25, 0.3) is 0 Å². The zero-order valence-corrected chi connectivity index (χ0v) is 23.7. The molecule has 0 aliphatic rings. The largest absolute Gasteiger partial charge is 0.386 e. The fourth-order valence-corrected chi connectivity index (χ4v) is 4.77. The minimum Gasteiger partial charge on any atom is -0.386 e. The number of rotatable bonds is 10. The molecule has 2 aromatic carbocycles. The molecule has 0 fully saturated rings. The smallest absolute Gasteiger partial charge is 0.132 e. The highest BCUT2D eigenvalue weighted by Gasteiger charge is 2.17. The number of hydrogen-bond acceptors (Lipinski definition) is 4. The van der Waals surface area contributed by atoms with Gasteiger partial charge in [0.15, 0.2) is 0 Å². The highest BCUT2D eigenvalue weighted by molar-refractivity contribution is 5.97. The van der Waals surface area contributed by atoms with Crippen LogP contribution < -0.4 is 10.6 Å². The summed E-state index contributed by atoms with van der Waals surface area (Å²) in [7, 11) is 1.85. The van der Waals surface area contributed by atoms with Crippen molar-refractivity contribution in [2.45, 2.75) is 6.92 Å². The lowest BCUT2D eigenvalue weighted by Gasteiger charge is -2.14. The van der Waals surface area contributed by atoms with Gasteiger partial charge in [0.1, 0.15) is 5.82 Å². The molecule has 0 spiro atoms. The van der Waals surface area contributed by atoms with Crippen molar-refractivity contribution in [3.63, 3.8) is 0 Å². The quantitative estimate of drug-likeness (QED) is 0.152. The lowest BCUT2D eigenvalue weighted by atomic mass is 10.0. The van der Waals surface area contributed by atoms with Gasteiger partial charge in [-0.3, -0.25) is 4.98 Å². The van der Waals surface area contributed by atoms with Gasteiger partial charge in [-0.25, -0.2) is 9.37 Å². The Labute approximate surface area is 245 Å². The molecule has 42 heavy (non-hydrogen) atoms. The molecule has 0 amide bonds. The number of pyridine rings is 2. The molecule has 5 aromatic rings. The number of fused-ring (bicyclic) bond motifs is 1. The van der Waals surface area contributed by atoms with Crippen molar-refractivity contribution >= 4 is 33.4 Å². The topological polar surface area (TPSA) is 65.6 Å². The third kappa shape index (κ3) is 5.69. The molecule has 0 saturated carbocycles.